The van der Waals surface area contributed by atoms with E-state index in [0.29, 0.717) is 11.7 Å². The van der Waals surface area contributed by atoms with E-state index in [0.717, 1.165) is 39.3 Å². The van der Waals surface area contributed by atoms with E-state index in [1.807, 2.05) is 76.2 Å². The molecule has 1 fully saturated rings. The van der Waals surface area contributed by atoms with E-state index >= 15 is 0 Å². The molecule has 1 aromatic heterocycles. The van der Waals surface area contributed by atoms with Gasteiger partial charge in [0.25, 0.3) is 0 Å². The first-order chi connectivity index (χ1) is 16.3. The van der Waals surface area contributed by atoms with Crippen LogP contribution in [-0.4, -0.2) is 32.1 Å². The van der Waals surface area contributed by atoms with Gasteiger partial charge in [-0.1, -0.05) is 47.7 Å². The van der Waals surface area contributed by atoms with Crippen LogP contribution in [-0.2, 0) is 16.1 Å². The van der Waals surface area contributed by atoms with Crippen LogP contribution in [0.5, 0.6) is 0 Å². The molecule has 1 atom stereocenters. The van der Waals surface area contributed by atoms with Gasteiger partial charge < -0.3 is 5.32 Å². The van der Waals surface area contributed by atoms with Crippen molar-refractivity contribution in [3.8, 4) is 0 Å². The number of amides is 2. The predicted octanol–water partition coefficient (Wildman–Crippen LogP) is 5.48. The maximum atomic E-state index is 13.4. The largest absolute Gasteiger partial charge is 0.326 e. The number of thioether (sulfide) groups is 1. The van der Waals surface area contributed by atoms with Gasteiger partial charge in [-0.15, -0.1) is 0 Å². The number of pyridine rings is 1. The van der Waals surface area contributed by atoms with E-state index in [4.69, 9.17) is 4.99 Å². The third-order valence-electron chi connectivity index (χ3n) is 5.67. The van der Waals surface area contributed by atoms with Crippen LogP contribution in [0.15, 0.2) is 65.8 Å². The quantitative estimate of drug-likeness (QED) is 0.516. The summed E-state index contributed by atoms with van der Waals surface area (Å²) in [6.07, 6.45) is 1.78. The summed E-state index contributed by atoms with van der Waals surface area (Å²) >= 11 is 1.34. The van der Waals surface area contributed by atoms with Crippen LogP contribution in [0.3, 0.4) is 0 Å². The molecule has 1 saturated heterocycles. The summed E-state index contributed by atoms with van der Waals surface area (Å²) in [4.78, 5) is 37.1. The van der Waals surface area contributed by atoms with Crippen molar-refractivity contribution in [1.82, 2.24) is 9.88 Å². The fourth-order valence-corrected chi connectivity index (χ4v) is 4.95. The van der Waals surface area contributed by atoms with Gasteiger partial charge in [0.15, 0.2) is 5.17 Å². The van der Waals surface area contributed by atoms with Gasteiger partial charge in [0.2, 0.25) is 11.8 Å². The maximum absolute atomic E-state index is 13.4. The monoisotopic (exact) mass is 472 g/mol. The molecule has 1 unspecified atom stereocenters. The SMILES string of the molecule is Cc1ccc(N=C2SC(CC(=O)Nc3cc(C)ccc3C)C(=O)N2Cc2ccccn2)c(C)c1. The van der Waals surface area contributed by atoms with E-state index in [9.17, 15) is 9.59 Å². The Bertz CT molecular complexity index is 1260. The third kappa shape index (κ3) is 5.54. The number of aryl methyl sites for hydroxylation is 4. The first-order valence-electron chi connectivity index (χ1n) is 11.2. The van der Waals surface area contributed by atoms with Gasteiger partial charge in [0, 0.05) is 18.3 Å². The average molecular weight is 473 g/mol. The van der Waals surface area contributed by atoms with Crippen molar-refractivity contribution < 1.29 is 9.59 Å². The summed E-state index contributed by atoms with van der Waals surface area (Å²) in [7, 11) is 0. The van der Waals surface area contributed by atoms with Crippen molar-refractivity contribution in [2.75, 3.05) is 5.32 Å². The molecule has 1 aliphatic rings. The number of aromatic nitrogens is 1. The van der Waals surface area contributed by atoms with Crippen LogP contribution in [0.1, 0.15) is 34.4 Å². The Morgan fingerprint density at radius 2 is 1.79 bits per heavy atom. The molecule has 7 heteroatoms. The van der Waals surface area contributed by atoms with Crippen molar-refractivity contribution in [3.05, 3.63) is 88.7 Å². The van der Waals surface area contributed by atoms with E-state index in [-0.39, 0.29) is 18.2 Å². The van der Waals surface area contributed by atoms with Gasteiger partial charge in [0.1, 0.15) is 5.25 Å². The topological polar surface area (TPSA) is 74.7 Å². The molecule has 6 nitrogen and oxygen atoms in total. The number of nitrogens with zero attached hydrogens (tertiary/aromatic N) is 3. The normalized spacial score (nSPS) is 16.8. The fraction of sp³-hybridized carbons (Fsp3) is 0.259. The highest BCUT2D eigenvalue weighted by molar-refractivity contribution is 8.15. The first-order valence-corrected chi connectivity index (χ1v) is 12.1. The summed E-state index contributed by atoms with van der Waals surface area (Å²) in [5.74, 6) is -0.319. The number of hydrogen-bond donors (Lipinski definition) is 1. The standard InChI is InChI=1S/C27H28N4O2S/c1-17-9-11-22(20(4)13-17)30-27-31(16-21-7-5-6-12-28-21)26(33)24(34-27)15-25(32)29-23-14-18(2)8-10-19(23)3/h5-14,24H,15-16H2,1-4H3,(H,29,32). The highest BCUT2D eigenvalue weighted by Crippen LogP contribution is 2.34. The summed E-state index contributed by atoms with van der Waals surface area (Å²) in [5.41, 5.74) is 6.60. The molecule has 0 spiro atoms. The van der Waals surface area contributed by atoms with Gasteiger partial charge in [-0.2, -0.15) is 0 Å². The molecule has 0 bridgehead atoms. The lowest BCUT2D eigenvalue weighted by Crippen LogP contribution is -2.33. The van der Waals surface area contributed by atoms with Crippen LogP contribution in [0.4, 0.5) is 11.4 Å². The molecule has 0 aliphatic carbocycles. The molecule has 174 valence electrons. The van der Waals surface area contributed by atoms with E-state index in [1.165, 1.54) is 11.8 Å². The van der Waals surface area contributed by atoms with E-state index < -0.39 is 5.25 Å². The minimum atomic E-state index is -0.543. The highest BCUT2D eigenvalue weighted by atomic mass is 32.2. The molecule has 0 saturated carbocycles. The highest BCUT2D eigenvalue weighted by Gasteiger charge is 2.39. The lowest BCUT2D eigenvalue weighted by Gasteiger charge is -2.16. The smallest absolute Gasteiger partial charge is 0.243 e. The lowest BCUT2D eigenvalue weighted by molar-refractivity contribution is -0.128. The number of amidine groups is 1. The number of anilines is 1. The zero-order valence-corrected chi connectivity index (χ0v) is 20.6. The number of nitrogens with one attached hydrogen (secondary N) is 1. The van der Waals surface area contributed by atoms with Gasteiger partial charge in [-0.3, -0.25) is 19.5 Å². The van der Waals surface area contributed by atoms with Crippen molar-refractivity contribution in [3.63, 3.8) is 0 Å². The van der Waals surface area contributed by atoms with Crippen LogP contribution < -0.4 is 5.32 Å². The van der Waals surface area contributed by atoms with Crippen molar-refractivity contribution in [2.24, 2.45) is 4.99 Å². The predicted molar refractivity (Wildman–Crippen MR) is 138 cm³/mol. The molecule has 0 radical (unpaired) electrons. The van der Waals surface area contributed by atoms with Crippen LogP contribution in [0, 0.1) is 27.7 Å². The maximum Gasteiger partial charge on any atom is 0.243 e. The molecule has 4 rings (SSSR count). The summed E-state index contributed by atoms with van der Waals surface area (Å²) < 4.78 is 0. The number of carbonyl (C=O) groups excluding carboxylic acids is 2. The van der Waals surface area contributed by atoms with Gasteiger partial charge in [0.05, 0.1) is 17.9 Å². The van der Waals surface area contributed by atoms with Crippen molar-refractivity contribution in [1.29, 1.82) is 0 Å². The second kappa shape index (κ2) is 10.2. The van der Waals surface area contributed by atoms with Gasteiger partial charge in [-0.25, -0.2) is 4.99 Å². The molecular weight excluding hydrogens is 444 g/mol. The fourth-order valence-electron chi connectivity index (χ4n) is 3.80. The summed E-state index contributed by atoms with van der Waals surface area (Å²) in [6.45, 7) is 8.29. The average Bonchev–Trinajstić information content (AvgIpc) is 3.07. The van der Waals surface area contributed by atoms with Crippen molar-refractivity contribution >= 4 is 40.1 Å². The van der Waals surface area contributed by atoms with Crippen LogP contribution >= 0.6 is 11.8 Å². The zero-order valence-electron chi connectivity index (χ0n) is 19.8. The number of rotatable bonds is 6. The first kappa shape index (κ1) is 23.7. The molecule has 1 N–H and O–H groups in total. The third-order valence-corrected chi connectivity index (χ3v) is 6.85. The lowest BCUT2D eigenvalue weighted by atomic mass is 10.1. The Labute approximate surface area is 204 Å². The van der Waals surface area contributed by atoms with E-state index in [1.54, 1.807) is 11.1 Å². The molecule has 3 aromatic rings. The molecule has 2 heterocycles. The molecule has 2 amide bonds. The van der Waals surface area contributed by atoms with Crippen LogP contribution in [0.2, 0.25) is 0 Å². The summed E-state index contributed by atoms with van der Waals surface area (Å²) in [6, 6.07) is 17.6. The molecule has 2 aromatic carbocycles. The van der Waals surface area contributed by atoms with Crippen LogP contribution in [0.25, 0.3) is 0 Å². The zero-order chi connectivity index (χ0) is 24.2. The van der Waals surface area contributed by atoms with Gasteiger partial charge >= 0.3 is 0 Å². The minimum Gasteiger partial charge on any atom is -0.326 e. The molecule has 1 aliphatic heterocycles. The van der Waals surface area contributed by atoms with Gasteiger partial charge in [-0.05, 0) is 68.7 Å². The Balaban J connectivity index is 1.57. The second-order valence-electron chi connectivity index (χ2n) is 8.61. The Hall–Kier alpha value is -3.45. The second-order valence-corrected chi connectivity index (χ2v) is 9.78. The Morgan fingerprint density at radius 3 is 2.53 bits per heavy atom. The number of hydrogen-bond acceptors (Lipinski definition) is 5. The molecular formula is C27H28N4O2S. The number of carbonyl (C=O) groups is 2. The Morgan fingerprint density at radius 1 is 1.03 bits per heavy atom. The minimum absolute atomic E-state index is 0.0709. The van der Waals surface area contributed by atoms with Crippen molar-refractivity contribution in [2.45, 2.75) is 45.9 Å². The molecule has 34 heavy (non-hydrogen) atoms. The number of benzene rings is 2. The summed E-state index contributed by atoms with van der Waals surface area (Å²) in [5, 5.41) is 3.01. The Kier molecular flexibility index (Phi) is 7.12. The van der Waals surface area contributed by atoms with E-state index in [2.05, 4.69) is 16.4 Å². The number of aliphatic imine (C=N–C) groups is 1.